The highest BCUT2D eigenvalue weighted by Gasteiger charge is 2.23. The maximum Gasteiger partial charge on any atom is 0.488 e. The van der Waals surface area contributed by atoms with Crippen LogP contribution < -0.4 is 10.8 Å². The Balaban J connectivity index is 1.54. The lowest BCUT2D eigenvalue weighted by Gasteiger charge is -2.15. The van der Waals surface area contributed by atoms with Crippen molar-refractivity contribution in [3.63, 3.8) is 0 Å². The molecule has 5 rings (SSSR count). The zero-order valence-electron chi connectivity index (χ0n) is 20.5. The van der Waals surface area contributed by atoms with Crippen LogP contribution in [-0.2, 0) is 24.2 Å². The van der Waals surface area contributed by atoms with Crippen molar-refractivity contribution in [2.24, 2.45) is 0 Å². The van der Waals surface area contributed by atoms with Crippen LogP contribution in [0, 0.1) is 6.92 Å². The lowest BCUT2D eigenvalue weighted by atomic mass is 9.79. The second kappa shape index (κ2) is 9.73. The summed E-state index contributed by atoms with van der Waals surface area (Å²) >= 11 is 0. The number of amides is 1. The molecular weight excluding hydrogens is 457 g/mol. The molecule has 0 unspecified atom stereocenters. The van der Waals surface area contributed by atoms with Gasteiger partial charge in [-0.05, 0) is 55.4 Å². The van der Waals surface area contributed by atoms with Crippen LogP contribution in [-0.4, -0.2) is 56.8 Å². The largest absolute Gasteiger partial charge is 0.488 e. The number of hydrogen-bond donors (Lipinski definition) is 3. The number of nitrogens with zero attached hydrogens (tertiary/aromatic N) is 4. The van der Waals surface area contributed by atoms with Crippen LogP contribution in [0.15, 0.2) is 48.5 Å². The molecule has 2 heterocycles. The van der Waals surface area contributed by atoms with Gasteiger partial charge in [0.15, 0.2) is 0 Å². The summed E-state index contributed by atoms with van der Waals surface area (Å²) in [5.74, 6) is 1.10. The van der Waals surface area contributed by atoms with Crippen LogP contribution in [0.1, 0.15) is 39.3 Å². The SMILES string of the molecule is CON(C)C(=O)c1cccc2c1cc(C)n2-c1nc2c(c(NCc3cccc(B(O)O)c3)n1)CCC2. The van der Waals surface area contributed by atoms with Crippen molar-refractivity contribution in [3.05, 3.63) is 76.6 Å². The van der Waals surface area contributed by atoms with E-state index in [1.165, 1.54) is 12.2 Å². The van der Waals surface area contributed by atoms with Gasteiger partial charge in [-0.3, -0.25) is 14.2 Å². The molecule has 36 heavy (non-hydrogen) atoms. The summed E-state index contributed by atoms with van der Waals surface area (Å²) in [4.78, 5) is 27.8. The molecule has 3 N–H and O–H groups in total. The third-order valence-electron chi connectivity index (χ3n) is 6.65. The van der Waals surface area contributed by atoms with Crippen molar-refractivity contribution in [2.75, 3.05) is 19.5 Å². The number of carbonyl (C=O) groups is 1. The standard InChI is InChI=1S/C26H28BN5O4/c1-16-13-21-19(25(33)31(2)36-3)9-6-12-23(21)32(16)26-29-22-11-5-10-20(22)24(30-26)28-15-17-7-4-8-18(14-17)27(34)35/h4,6-9,12-14,34-35H,5,10-11,15H2,1-3H3,(H,28,29,30). The molecule has 0 atom stereocenters. The van der Waals surface area contributed by atoms with Crippen molar-refractivity contribution in [2.45, 2.75) is 32.7 Å². The van der Waals surface area contributed by atoms with Gasteiger partial charge in [0.1, 0.15) is 5.82 Å². The molecule has 10 heteroatoms. The summed E-state index contributed by atoms with van der Waals surface area (Å²) in [6.07, 6.45) is 2.80. The lowest BCUT2D eigenvalue weighted by molar-refractivity contribution is -0.0755. The molecule has 0 saturated carbocycles. The van der Waals surface area contributed by atoms with Crippen LogP contribution in [0.2, 0.25) is 0 Å². The summed E-state index contributed by atoms with van der Waals surface area (Å²) in [5, 5.41) is 24.4. The Morgan fingerprint density at radius 1 is 1.17 bits per heavy atom. The van der Waals surface area contributed by atoms with E-state index in [1.807, 2.05) is 35.8 Å². The number of anilines is 1. The second-order valence-electron chi connectivity index (χ2n) is 8.97. The maximum atomic E-state index is 12.9. The molecule has 2 aromatic carbocycles. The first-order valence-corrected chi connectivity index (χ1v) is 11.9. The average Bonchev–Trinajstić information content (AvgIpc) is 3.49. The van der Waals surface area contributed by atoms with Gasteiger partial charge in [0.2, 0.25) is 5.95 Å². The zero-order valence-corrected chi connectivity index (χ0v) is 20.5. The van der Waals surface area contributed by atoms with Crippen LogP contribution in [0.25, 0.3) is 16.9 Å². The van der Waals surface area contributed by atoms with E-state index >= 15 is 0 Å². The monoisotopic (exact) mass is 485 g/mol. The van der Waals surface area contributed by atoms with Crippen molar-refractivity contribution < 1.29 is 19.7 Å². The Morgan fingerprint density at radius 3 is 2.75 bits per heavy atom. The van der Waals surface area contributed by atoms with Crippen molar-refractivity contribution in [3.8, 4) is 5.95 Å². The van der Waals surface area contributed by atoms with E-state index in [1.54, 1.807) is 31.3 Å². The molecule has 4 aromatic rings. The number of benzene rings is 2. The van der Waals surface area contributed by atoms with E-state index in [9.17, 15) is 14.8 Å². The highest BCUT2D eigenvalue weighted by Crippen LogP contribution is 2.31. The first-order valence-electron chi connectivity index (χ1n) is 11.9. The third kappa shape index (κ3) is 4.35. The quantitative estimate of drug-likeness (QED) is 0.272. The van der Waals surface area contributed by atoms with Gasteiger partial charge in [0, 0.05) is 30.2 Å². The van der Waals surface area contributed by atoms with Crippen molar-refractivity contribution >= 4 is 35.2 Å². The fourth-order valence-corrected chi connectivity index (χ4v) is 4.78. The minimum absolute atomic E-state index is 0.229. The summed E-state index contributed by atoms with van der Waals surface area (Å²) in [5.41, 5.74) is 5.81. The van der Waals surface area contributed by atoms with Gasteiger partial charge in [0.25, 0.3) is 5.91 Å². The Morgan fingerprint density at radius 2 is 1.97 bits per heavy atom. The maximum absolute atomic E-state index is 12.9. The van der Waals surface area contributed by atoms with Gasteiger partial charge < -0.3 is 15.4 Å². The Kier molecular flexibility index (Phi) is 6.48. The highest BCUT2D eigenvalue weighted by molar-refractivity contribution is 6.58. The van der Waals surface area contributed by atoms with E-state index in [-0.39, 0.29) is 5.91 Å². The molecule has 0 fully saturated rings. The number of carbonyl (C=O) groups excluding carboxylic acids is 1. The van der Waals surface area contributed by atoms with E-state index in [0.717, 1.165) is 58.5 Å². The summed E-state index contributed by atoms with van der Waals surface area (Å²) < 4.78 is 1.98. The Labute approximate surface area is 209 Å². The van der Waals surface area contributed by atoms with Crippen LogP contribution >= 0.6 is 0 Å². The minimum atomic E-state index is -1.51. The number of rotatable bonds is 7. The molecule has 0 bridgehead atoms. The molecule has 0 aliphatic heterocycles. The van der Waals surface area contributed by atoms with E-state index in [4.69, 9.17) is 14.8 Å². The summed E-state index contributed by atoms with van der Waals surface area (Å²) in [6, 6.07) is 14.7. The van der Waals surface area contributed by atoms with Gasteiger partial charge in [0.05, 0.1) is 23.9 Å². The number of hydrogen-bond acceptors (Lipinski definition) is 7. The van der Waals surface area contributed by atoms with E-state index in [0.29, 0.717) is 23.5 Å². The molecule has 9 nitrogen and oxygen atoms in total. The van der Waals surface area contributed by atoms with Crippen LogP contribution in [0.5, 0.6) is 0 Å². The lowest BCUT2D eigenvalue weighted by Crippen LogP contribution is -2.30. The van der Waals surface area contributed by atoms with Gasteiger partial charge in [-0.25, -0.2) is 10.0 Å². The number of fused-ring (bicyclic) bond motifs is 2. The Bertz CT molecular complexity index is 1450. The first-order chi connectivity index (χ1) is 17.4. The normalized spacial score (nSPS) is 12.6. The van der Waals surface area contributed by atoms with E-state index in [2.05, 4.69) is 5.32 Å². The smallest absolute Gasteiger partial charge is 0.423 e. The molecule has 184 valence electrons. The van der Waals surface area contributed by atoms with Crippen molar-refractivity contribution in [1.82, 2.24) is 19.6 Å². The second-order valence-corrected chi connectivity index (χ2v) is 8.97. The summed E-state index contributed by atoms with van der Waals surface area (Å²) in [6.45, 7) is 2.46. The fourth-order valence-electron chi connectivity index (χ4n) is 4.78. The number of aromatic nitrogens is 3. The van der Waals surface area contributed by atoms with Gasteiger partial charge in [-0.2, -0.15) is 4.98 Å². The first kappa shape index (κ1) is 24.0. The minimum Gasteiger partial charge on any atom is -0.423 e. The number of nitrogens with one attached hydrogen (secondary N) is 1. The molecular formula is C26H28BN5O4. The average molecular weight is 485 g/mol. The molecule has 1 aliphatic rings. The Hall–Kier alpha value is -3.73. The predicted molar refractivity (Wildman–Crippen MR) is 138 cm³/mol. The van der Waals surface area contributed by atoms with Crippen molar-refractivity contribution in [1.29, 1.82) is 0 Å². The number of aryl methyl sites for hydroxylation is 2. The van der Waals surface area contributed by atoms with Gasteiger partial charge >= 0.3 is 7.12 Å². The molecule has 0 radical (unpaired) electrons. The topological polar surface area (TPSA) is 113 Å². The predicted octanol–water partition coefficient (Wildman–Crippen LogP) is 2.14. The van der Waals surface area contributed by atoms with Crippen LogP contribution in [0.4, 0.5) is 5.82 Å². The fraction of sp³-hybridized carbons (Fsp3) is 0.269. The molecule has 1 amide bonds. The zero-order chi connectivity index (χ0) is 25.4. The number of hydroxylamine groups is 2. The molecule has 1 aliphatic carbocycles. The molecule has 0 spiro atoms. The van der Waals surface area contributed by atoms with Crippen LogP contribution in [0.3, 0.4) is 0 Å². The molecule has 0 saturated heterocycles. The van der Waals surface area contributed by atoms with Gasteiger partial charge in [-0.1, -0.05) is 30.3 Å². The van der Waals surface area contributed by atoms with E-state index < -0.39 is 7.12 Å². The third-order valence-corrected chi connectivity index (χ3v) is 6.65. The van der Waals surface area contributed by atoms with Gasteiger partial charge in [-0.15, -0.1) is 0 Å². The molecule has 2 aromatic heterocycles. The highest BCUT2D eigenvalue weighted by atomic mass is 16.7. The summed E-state index contributed by atoms with van der Waals surface area (Å²) in [7, 11) is 1.54.